The van der Waals surface area contributed by atoms with Crippen LogP contribution in [0.4, 0.5) is 11.4 Å². The average molecular weight is 355 g/mol. The van der Waals surface area contributed by atoms with Crippen LogP contribution in [0.5, 0.6) is 5.75 Å². The monoisotopic (exact) mass is 354 g/mol. The Kier molecular flexibility index (Phi) is 3.94. The van der Waals surface area contributed by atoms with Crippen LogP contribution in [-0.4, -0.2) is 25.7 Å². The highest BCUT2D eigenvalue weighted by Gasteiger charge is 2.19. The zero-order valence-corrected chi connectivity index (χ0v) is 12.7. The van der Waals surface area contributed by atoms with E-state index in [0.29, 0.717) is 4.47 Å². The van der Waals surface area contributed by atoms with Crippen molar-refractivity contribution in [1.82, 2.24) is 9.78 Å². The Labute approximate surface area is 127 Å². The highest BCUT2D eigenvalue weighted by molar-refractivity contribution is 9.10. The molecule has 2 aromatic rings. The van der Waals surface area contributed by atoms with E-state index >= 15 is 0 Å². The number of halogens is 1. The number of nitrogens with zero attached hydrogens (tertiary/aromatic N) is 3. The van der Waals surface area contributed by atoms with Crippen LogP contribution in [0.15, 0.2) is 22.7 Å². The van der Waals surface area contributed by atoms with E-state index in [2.05, 4.69) is 26.3 Å². The third-order valence-electron chi connectivity index (χ3n) is 2.92. The van der Waals surface area contributed by atoms with Gasteiger partial charge in [0.1, 0.15) is 5.75 Å². The number of hydrogen-bond acceptors (Lipinski definition) is 5. The number of benzene rings is 1. The van der Waals surface area contributed by atoms with Gasteiger partial charge in [-0.3, -0.25) is 19.6 Å². The Morgan fingerprint density at radius 2 is 2.19 bits per heavy atom. The largest absolute Gasteiger partial charge is 0.506 e. The maximum Gasteiger partial charge on any atom is 0.277 e. The van der Waals surface area contributed by atoms with Crippen LogP contribution < -0.4 is 5.32 Å². The lowest BCUT2D eigenvalue weighted by molar-refractivity contribution is -0.384. The van der Waals surface area contributed by atoms with Crippen molar-refractivity contribution in [2.24, 2.45) is 7.05 Å². The standard InChI is InChI=1S/C12H11BrN4O4/c1-6-10(13)11(15-16(6)2)12(19)14-8-4-3-7(17(20)21)5-9(8)18/h3-5,18H,1-2H3,(H,14,19). The SMILES string of the molecule is Cc1c(Br)c(C(=O)Nc2ccc([N+](=O)[O-])cc2O)nn1C. The summed E-state index contributed by atoms with van der Waals surface area (Å²) in [7, 11) is 1.69. The molecule has 8 nitrogen and oxygen atoms in total. The number of nitro groups is 1. The molecular formula is C12H11BrN4O4. The fourth-order valence-corrected chi connectivity index (χ4v) is 2.16. The van der Waals surface area contributed by atoms with Crippen molar-refractivity contribution in [2.75, 3.05) is 5.32 Å². The molecule has 0 saturated carbocycles. The number of aromatic hydroxyl groups is 1. The third kappa shape index (κ3) is 2.87. The van der Waals surface area contributed by atoms with Crippen molar-refractivity contribution in [2.45, 2.75) is 6.92 Å². The molecule has 110 valence electrons. The van der Waals surface area contributed by atoms with Gasteiger partial charge in [0.05, 0.1) is 26.8 Å². The fraction of sp³-hybridized carbons (Fsp3) is 0.167. The van der Waals surface area contributed by atoms with Gasteiger partial charge in [-0.05, 0) is 28.9 Å². The highest BCUT2D eigenvalue weighted by atomic mass is 79.9. The molecule has 0 saturated heterocycles. The van der Waals surface area contributed by atoms with Crippen LogP contribution in [-0.2, 0) is 7.05 Å². The molecule has 0 aliphatic heterocycles. The molecule has 9 heteroatoms. The maximum absolute atomic E-state index is 12.1. The molecule has 0 fully saturated rings. The summed E-state index contributed by atoms with van der Waals surface area (Å²) in [6.07, 6.45) is 0. The number of nitrogens with one attached hydrogen (secondary N) is 1. The highest BCUT2D eigenvalue weighted by Crippen LogP contribution is 2.29. The smallest absolute Gasteiger partial charge is 0.277 e. The topological polar surface area (TPSA) is 110 Å². The Bertz CT molecular complexity index is 741. The maximum atomic E-state index is 12.1. The molecule has 0 atom stereocenters. The van der Waals surface area contributed by atoms with E-state index in [1.807, 2.05) is 0 Å². The first-order chi connectivity index (χ1) is 9.81. The van der Waals surface area contributed by atoms with Crippen LogP contribution in [0.1, 0.15) is 16.2 Å². The summed E-state index contributed by atoms with van der Waals surface area (Å²) in [5, 5.41) is 26.8. The number of carbonyl (C=O) groups excluding carboxylic acids is 1. The lowest BCUT2D eigenvalue weighted by atomic mass is 10.2. The average Bonchev–Trinajstić information content (AvgIpc) is 2.68. The molecule has 1 aromatic carbocycles. The van der Waals surface area contributed by atoms with Gasteiger partial charge in [0.2, 0.25) is 0 Å². The second-order valence-electron chi connectivity index (χ2n) is 4.28. The van der Waals surface area contributed by atoms with Crippen LogP contribution in [0.25, 0.3) is 0 Å². The van der Waals surface area contributed by atoms with Crippen LogP contribution in [0.3, 0.4) is 0 Å². The second-order valence-corrected chi connectivity index (χ2v) is 5.08. The van der Waals surface area contributed by atoms with Crippen molar-refractivity contribution in [3.05, 3.63) is 44.2 Å². The van der Waals surface area contributed by atoms with Gasteiger partial charge in [-0.1, -0.05) is 0 Å². The minimum Gasteiger partial charge on any atom is -0.506 e. The zero-order chi connectivity index (χ0) is 15.7. The summed E-state index contributed by atoms with van der Waals surface area (Å²) in [5.74, 6) is -0.920. The second kappa shape index (κ2) is 5.52. The number of hydrogen-bond donors (Lipinski definition) is 2. The molecule has 2 N–H and O–H groups in total. The Morgan fingerprint density at radius 1 is 1.52 bits per heavy atom. The fourth-order valence-electron chi connectivity index (χ4n) is 1.65. The normalized spacial score (nSPS) is 10.4. The van der Waals surface area contributed by atoms with Crippen molar-refractivity contribution >= 4 is 33.2 Å². The molecule has 0 bridgehead atoms. The van der Waals surface area contributed by atoms with Crippen LogP contribution >= 0.6 is 15.9 Å². The van der Waals surface area contributed by atoms with E-state index in [0.717, 1.165) is 11.8 Å². The molecule has 0 aliphatic carbocycles. The van der Waals surface area contributed by atoms with E-state index in [1.165, 1.54) is 16.8 Å². The van der Waals surface area contributed by atoms with Gasteiger partial charge < -0.3 is 10.4 Å². The Balaban J connectivity index is 2.27. The number of carbonyl (C=O) groups is 1. The Morgan fingerprint density at radius 3 is 2.67 bits per heavy atom. The molecule has 1 aromatic heterocycles. The summed E-state index contributed by atoms with van der Waals surface area (Å²) >= 11 is 3.27. The van der Waals surface area contributed by atoms with Crippen molar-refractivity contribution in [3.8, 4) is 5.75 Å². The van der Waals surface area contributed by atoms with Crippen LogP contribution in [0.2, 0.25) is 0 Å². The van der Waals surface area contributed by atoms with Gasteiger partial charge in [-0.2, -0.15) is 5.10 Å². The van der Waals surface area contributed by atoms with Crippen molar-refractivity contribution in [3.63, 3.8) is 0 Å². The molecule has 0 spiro atoms. The van der Waals surface area contributed by atoms with E-state index in [1.54, 1.807) is 14.0 Å². The summed E-state index contributed by atoms with van der Waals surface area (Å²) in [6.45, 7) is 1.79. The lowest BCUT2D eigenvalue weighted by Crippen LogP contribution is -2.13. The van der Waals surface area contributed by atoms with Gasteiger partial charge >= 0.3 is 0 Å². The first-order valence-electron chi connectivity index (χ1n) is 5.79. The number of non-ortho nitro benzene ring substituents is 1. The summed E-state index contributed by atoms with van der Waals surface area (Å²) in [5.41, 5.74) is 0.738. The third-order valence-corrected chi connectivity index (χ3v) is 3.87. The van der Waals surface area contributed by atoms with Gasteiger partial charge in [0, 0.05) is 13.1 Å². The van der Waals surface area contributed by atoms with E-state index in [9.17, 15) is 20.0 Å². The van der Waals surface area contributed by atoms with Gasteiger partial charge in [-0.25, -0.2) is 0 Å². The minimum absolute atomic E-state index is 0.0702. The molecule has 21 heavy (non-hydrogen) atoms. The molecule has 2 rings (SSSR count). The first-order valence-corrected chi connectivity index (χ1v) is 6.58. The molecule has 0 aliphatic rings. The molecule has 1 amide bonds. The first kappa shape index (κ1) is 15.0. The number of rotatable bonds is 3. The molecular weight excluding hydrogens is 344 g/mol. The number of amides is 1. The molecule has 1 heterocycles. The van der Waals surface area contributed by atoms with Crippen molar-refractivity contribution < 1.29 is 14.8 Å². The lowest BCUT2D eigenvalue weighted by Gasteiger charge is -2.05. The van der Waals surface area contributed by atoms with Crippen LogP contribution in [0, 0.1) is 17.0 Å². The number of aryl methyl sites for hydroxylation is 1. The van der Waals surface area contributed by atoms with E-state index in [4.69, 9.17) is 0 Å². The number of nitro benzene ring substituents is 1. The summed E-state index contributed by atoms with van der Waals surface area (Å²) < 4.78 is 2.08. The number of phenols is 1. The summed E-state index contributed by atoms with van der Waals surface area (Å²) in [4.78, 5) is 22.1. The van der Waals surface area contributed by atoms with Gasteiger partial charge in [-0.15, -0.1) is 0 Å². The van der Waals surface area contributed by atoms with E-state index < -0.39 is 10.8 Å². The van der Waals surface area contributed by atoms with E-state index in [-0.39, 0.29) is 22.8 Å². The molecule has 0 unspecified atom stereocenters. The quantitative estimate of drug-likeness (QED) is 0.499. The van der Waals surface area contributed by atoms with Gasteiger partial charge in [0.25, 0.3) is 11.6 Å². The zero-order valence-electron chi connectivity index (χ0n) is 11.1. The minimum atomic E-state index is -0.635. The van der Waals surface area contributed by atoms with Gasteiger partial charge in [0.15, 0.2) is 5.69 Å². The predicted octanol–water partition coefficient (Wildman–Crippen LogP) is 2.36. The molecule has 0 radical (unpaired) electrons. The number of phenolic OH excluding ortho intramolecular Hbond substituents is 1. The summed E-state index contributed by atoms with van der Waals surface area (Å²) in [6, 6.07) is 3.41. The number of anilines is 1. The number of aromatic nitrogens is 2. The predicted molar refractivity (Wildman–Crippen MR) is 78.4 cm³/mol. The van der Waals surface area contributed by atoms with Crippen molar-refractivity contribution in [1.29, 1.82) is 0 Å². The Hall–Kier alpha value is -2.42.